The summed E-state index contributed by atoms with van der Waals surface area (Å²) < 4.78 is 0. The first-order valence-electron chi connectivity index (χ1n) is 7.17. The summed E-state index contributed by atoms with van der Waals surface area (Å²) in [6.45, 7) is 6.93. The van der Waals surface area contributed by atoms with Crippen LogP contribution in [0.3, 0.4) is 0 Å². The molecule has 0 aliphatic heterocycles. The van der Waals surface area contributed by atoms with Crippen LogP contribution in [-0.2, 0) is 0 Å². The molecule has 1 fully saturated rings. The first-order valence-corrected chi connectivity index (χ1v) is 11.1. The second kappa shape index (κ2) is 6.16. The highest BCUT2D eigenvalue weighted by atomic mass is 35.5. The molecule has 0 bridgehead atoms. The van der Waals surface area contributed by atoms with E-state index in [0.29, 0.717) is 17.2 Å². The van der Waals surface area contributed by atoms with Gasteiger partial charge in [0, 0.05) is 11.3 Å². The average molecular weight is 291 g/mol. The quantitative estimate of drug-likeness (QED) is 0.385. The Morgan fingerprint density at radius 3 is 2.42 bits per heavy atom. The van der Waals surface area contributed by atoms with E-state index >= 15 is 0 Å². The summed E-state index contributed by atoms with van der Waals surface area (Å²) in [5, 5.41) is 0.315. The largest absolute Gasteiger partial charge is 0.132 e. The Kier molecular flexibility index (Phi) is 4.76. The zero-order valence-electron chi connectivity index (χ0n) is 12.1. The van der Waals surface area contributed by atoms with Crippen molar-refractivity contribution in [1.29, 1.82) is 0 Å². The van der Waals surface area contributed by atoms with Crippen molar-refractivity contribution in [3.8, 4) is 11.5 Å². The molecule has 1 aliphatic carbocycles. The lowest BCUT2D eigenvalue weighted by Gasteiger charge is -2.31. The molecular weight excluding hydrogens is 268 g/mol. The summed E-state index contributed by atoms with van der Waals surface area (Å²) >= 11 is 6.38. The normalized spacial score (nSPS) is 27.5. The lowest BCUT2D eigenvalue weighted by atomic mass is 9.76. The Bertz CT molecular complexity index is 464. The number of rotatable bonds is 1. The van der Waals surface area contributed by atoms with Gasteiger partial charge in [-0.2, -0.15) is 0 Å². The van der Waals surface area contributed by atoms with Crippen molar-refractivity contribution in [1.82, 2.24) is 0 Å². The van der Waals surface area contributed by atoms with Crippen LogP contribution in [0.1, 0.15) is 30.7 Å². The predicted octanol–water partition coefficient (Wildman–Crippen LogP) is 5.06. The number of hydrogen-bond acceptors (Lipinski definition) is 0. The minimum atomic E-state index is -1.28. The molecule has 0 N–H and O–H groups in total. The second-order valence-corrected chi connectivity index (χ2v) is 11.9. The van der Waals surface area contributed by atoms with Crippen LogP contribution in [0.5, 0.6) is 0 Å². The first kappa shape index (κ1) is 14.7. The van der Waals surface area contributed by atoms with Gasteiger partial charge < -0.3 is 0 Å². The maximum Gasteiger partial charge on any atom is 0.129 e. The molecule has 102 valence electrons. The van der Waals surface area contributed by atoms with Gasteiger partial charge in [-0.3, -0.25) is 0 Å². The lowest BCUT2D eigenvalue weighted by Crippen LogP contribution is -2.24. The van der Waals surface area contributed by atoms with Crippen molar-refractivity contribution < 1.29 is 0 Å². The molecule has 2 rings (SSSR count). The molecule has 3 atom stereocenters. The fraction of sp³-hybridized carbons (Fsp3) is 0.529. The fourth-order valence-electron chi connectivity index (χ4n) is 2.67. The van der Waals surface area contributed by atoms with E-state index in [-0.39, 0.29) is 0 Å². The highest BCUT2D eigenvalue weighted by molar-refractivity contribution is 6.83. The molecule has 0 heterocycles. The summed E-state index contributed by atoms with van der Waals surface area (Å²) in [7, 11) is -1.28. The SMILES string of the molecule is C[Si](C)(C)C#CC1CCC(Cl)CC1c1ccccc1. The van der Waals surface area contributed by atoms with E-state index < -0.39 is 8.07 Å². The molecule has 0 aromatic heterocycles. The maximum absolute atomic E-state index is 6.38. The van der Waals surface area contributed by atoms with Crippen molar-refractivity contribution >= 4 is 19.7 Å². The summed E-state index contributed by atoms with van der Waals surface area (Å²) in [6.07, 6.45) is 3.32. The monoisotopic (exact) mass is 290 g/mol. The zero-order valence-corrected chi connectivity index (χ0v) is 13.9. The van der Waals surface area contributed by atoms with Gasteiger partial charge in [-0.1, -0.05) is 50.0 Å². The molecule has 0 radical (unpaired) electrons. The van der Waals surface area contributed by atoms with Gasteiger partial charge in [-0.05, 0) is 30.7 Å². The van der Waals surface area contributed by atoms with Gasteiger partial charge in [0.25, 0.3) is 0 Å². The molecule has 0 nitrogen and oxygen atoms in total. The molecule has 19 heavy (non-hydrogen) atoms. The van der Waals surface area contributed by atoms with Gasteiger partial charge in [-0.25, -0.2) is 0 Å². The van der Waals surface area contributed by atoms with E-state index in [1.165, 1.54) is 5.56 Å². The fourth-order valence-corrected chi connectivity index (χ4v) is 3.61. The summed E-state index contributed by atoms with van der Waals surface area (Å²) in [6, 6.07) is 10.8. The van der Waals surface area contributed by atoms with Gasteiger partial charge in [-0.15, -0.1) is 23.1 Å². The summed E-state index contributed by atoms with van der Waals surface area (Å²) in [5.74, 6) is 4.59. The molecule has 0 amide bonds. The van der Waals surface area contributed by atoms with Crippen molar-refractivity contribution in [3.05, 3.63) is 35.9 Å². The Labute approximate surface area is 123 Å². The molecule has 1 aliphatic rings. The molecule has 1 aromatic carbocycles. The third-order valence-corrected chi connectivity index (χ3v) is 4.94. The van der Waals surface area contributed by atoms with Gasteiger partial charge in [0.05, 0.1) is 0 Å². The highest BCUT2D eigenvalue weighted by Gasteiger charge is 2.29. The minimum absolute atomic E-state index is 0.315. The van der Waals surface area contributed by atoms with Crippen LogP contribution >= 0.6 is 11.6 Å². The lowest BCUT2D eigenvalue weighted by molar-refractivity contribution is 0.377. The van der Waals surface area contributed by atoms with Crippen LogP contribution in [0, 0.1) is 17.4 Å². The van der Waals surface area contributed by atoms with Gasteiger partial charge >= 0.3 is 0 Å². The molecule has 1 saturated carbocycles. The van der Waals surface area contributed by atoms with Crippen molar-refractivity contribution in [2.45, 2.75) is 50.2 Å². The van der Waals surface area contributed by atoms with E-state index in [9.17, 15) is 0 Å². The Balaban J connectivity index is 2.22. The number of halogens is 1. The Hall–Kier alpha value is -0.713. The van der Waals surface area contributed by atoms with Crippen molar-refractivity contribution in [3.63, 3.8) is 0 Å². The molecule has 2 heteroatoms. The average Bonchev–Trinajstić information content (AvgIpc) is 2.37. The molecular formula is C17H23ClSi. The van der Waals surface area contributed by atoms with E-state index in [1.807, 2.05) is 0 Å². The molecule has 3 unspecified atom stereocenters. The van der Waals surface area contributed by atoms with Crippen LogP contribution in [-0.4, -0.2) is 13.5 Å². The third-order valence-electron chi connectivity index (χ3n) is 3.65. The maximum atomic E-state index is 6.38. The Morgan fingerprint density at radius 2 is 1.79 bits per heavy atom. The van der Waals surface area contributed by atoms with Crippen molar-refractivity contribution in [2.75, 3.05) is 0 Å². The number of benzene rings is 1. The molecule has 0 spiro atoms. The van der Waals surface area contributed by atoms with Crippen LogP contribution in [0.2, 0.25) is 19.6 Å². The number of alkyl halides is 1. The zero-order chi connectivity index (χ0) is 13.9. The topological polar surface area (TPSA) is 0 Å². The van der Waals surface area contributed by atoms with Crippen LogP contribution in [0.15, 0.2) is 30.3 Å². The Morgan fingerprint density at radius 1 is 1.11 bits per heavy atom. The van der Waals surface area contributed by atoms with Crippen molar-refractivity contribution in [2.24, 2.45) is 5.92 Å². The van der Waals surface area contributed by atoms with E-state index in [0.717, 1.165) is 19.3 Å². The van der Waals surface area contributed by atoms with Gasteiger partial charge in [0.1, 0.15) is 8.07 Å². The number of hydrogen-bond donors (Lipinski definition) is 0. The van der Waals surface area contributed by atoms with Crippen LogP contribution in [0.4, 0.5) is 0 Å². The standard InChI is InChI=1S/C17H23ClSi/c1-19(2,3)12-11-15-9-10-16(18)13-17(15)14-7-5-4-6-8-14/h4-8,15-17H,9-10,13H2,1-3H3. The smallest absolute Gasteiger partial charge is 0.129 e. The minimum Gasteiger partial charge on any atom is -0.132 e. The predicted molar refractivity (Wildman–Crippen MR) is 87.3 cm³/mol. The van der Waals surface area contributed by atoms with E-state index in [1.54, 1.807) is 0 Å². The highest BCUT2D eigenvalue weighted by Crippen LogP contribution is 2.39. The van der Waals surface area contributed by atoms with Gasteiger partial charge in [0.15, 0.2) is 0 Å². The van der Waals surface area contributed by atoms with E-state index in [4.69, 9.17) is 11.6 Å². The summed E-state index contributed by atoms with van der Waals surface area (Å²) in [4.78, 5) is 0. The third kappa shape index (κ3) is 4.40. The van der Waals surface area contributed by atoms with Crippen LogP contribution < -0.4 is 0 Å². The molecule has 1 aromatic rings. The molecule has 0 saturated heterocycles. The van der Waals surface area contributed by atoms with Gasteiger partial charge in [0.2, 0.25) is 0 Å². The van der Waals surface area contributed by atoms with Crippen LogP contribution in [0.25, 0.3) is 0 Å². The first-order chi connectivity index (χ1) is 8.96. The summed E-state index contributed by atoms with van der Waals surface area (Å²) in [5.41, 5.74) is 4.96. The second-order valence-electron chi connectivity index (χ2n) is 6.55. The van der Waals surface area contributed by atoms with E-state index in [2.05, 4.69) is 61.4 Å².